The minimum atomic E-state index is -0.593. The Labute approximate surface area is 65.7 Å². The largest absolute Gasteiger partial charge is 0.271 e. The molecule has 9 heavy (non-hydrogen) atoms. The van der Waals surface area contributed by atoms with Gasteiger partial charge in [0.05, 0.1) is 0 Å². The number of halogens is 2. The predicted molar refractivity (Wildman–Crippen MR) is 40.2 cm³/mol. The molecule has 0 aliphatic carbocycles. The Kier molecular flexibility index (Phi) is 2.03. The van der Waals surface area contributed by atoms with Crippen LogP contribution in [0.4, 0.5) is 0 Å². The van der Waals surface area contributed by atoms with Gasteiger partial charge in [0, 0.05) is 10.7 Å². The van der Waals surface area contributed by atoms with Crippen molar-refractivity contribution in [1.82, 2.24) is 0 Å². The molecule has 48 valence electrons. The van der Waals surface area contributed by atoms with Crippen molar-refractivity contribution in [3.63, 3.8) is 0 Å². The van der Waals surface area contributed by atoms with Gasteiger partial charge in [-0.3, -0.25) is 4.79 Å². The number of rotatable bonds is 0. The number of alkyl halides is 1. The monoisotopic (exact) mass is 207 g/mol. The van der Waals surface area contributed by atoms with Crippen molar-refractivity contribution in [2.45, 2.75) is 5.38 Å². The fraction of sp³-hybridized carbons (Fsp3) is 0.200. The number of carbonyl (C=O) groups excluding carboxylic acids is 1. The topological polar surface area (TPSA) is 29.4 Å². The molecule has 1 rings (SSSR count). The Hall–Kier alpha value is -0.150. The van der Waals surface area contributed by atoms with Crippen molar-refractivity contribution in [1.29, 1.82) is 0 Å². The van der Waals surface area contributed by atoms with Crippen LogP contribution < -0.4 is 0 Å². The van der Waals surface area contributed by atoms with Crippen molar-refractivity contribution in [2.75, 3.05) is 0 Å². The summed E-state index contributed by atoms with van der Waals surface area (Å²) < 4.78 is 0.752. The van der Waals surface area contributed by atoms with Crippen molar-refractivity contribution in [2.24, 2.45) is 4.99 Å². The van der Waals surface area contributed by atoms with E-state index in [1.54, 1.807) is 6.08 Å². The van der Waals surface area contributed by atoms with E-state index >= 15 is 0 Å². The summed E-state index contributed by atoms with van der Waals surface area (Å²) in [4.78, 5) is 14.0. The van der Waals surface area contributed by atoms with Crippen LogP contribution in [-0.4, -0.2) is 17.5 Å². The number of carbonyl (C=O) groups is 1. The molecule has 0 saturated heterocycles. The van der Waals surface area contributed by atoms with Gasteiger partial charge in [0.25, 0.3) is 5.91 Å². The maximum atomic E-state index is 10.5. The lowest BCUT2D eigenvalue weighted by molar-refractivity contribution is -0.116. The Balaban J connectivity index is 2.82. The van der Waals surface area contributed by atoms with Crippen LogP contribution in [-0.2, 0) is 4.79 Å². The molecular formula is C5H3BrClNO. The maximum Gasteiger partial charge on any atom is 0.267 e. The van der Waals surface area contributed by atoms with E-state index in [0.29, 0.717) is 0 Å². The molecule has 1 aliphatic rings. The zero-order valence-electron chi connectivity index (χ0n) is 4.34. The molecule has 0 bridgehead atoms. The third-order valence-corrected chi connectivity index (χ3v) is 1.64. The fourth-order valence-electron chi connectivity index (χ4n) is 0.451. The van der Waals surface area contributed by atoms with Crippen LogP contribution in [0.25, 0.3) is 0 Å². The smallest absolute Gasteiger partial charge is 0.267 e. The molecule has 0 unspecified atom stereocenters. The molecule has 0 aromatic carbocycles. The highest BCUT2D eigenvalue weighted by Crippen LogP contribution is 2.13. The van der Waals surface area contributed by atoms with Crippen LogP contribution in [0.2, 0.25) is 0 Å². The SMILES string of the molecule is O=C1N=CC(Br)=C[C@H]1Cl. The lowest BCUT2D eigenvalue weighted by atomic mass is 10.3. The van der Waals surface area contributed by atoms with E-state index < -0.39 is 5.38 Å². The Morgan fingerprint density at radius 3 is 2.89 bits per heavy atom. The Bertz CT molecular complexity index is 199. The summed E-state index contributed by atoms with van der Waals surface area (Å²) in [7, 11) is 0. The lowest BCUT2D eigenvalue weighted by Crippen LogP contribution is -2.12. The number of dihydropyridines is 1. The van der Waals surface area contributed by atoms with Crippen molar-refractivity contribution in [3.05, 3.63) is 10.6 Å². The zero-order valence-corrected chi connectivity index (χ0v) is 6.69. The van der Waals surface area contributed by atoms with E-state index in [1.165, 1.54) is 6.21 Å². The minimum Gasteiger partial charge on any atom is -0.271 e. The van der Waals surface area contributed by atoms with Gasteiger partial charge >= 0.3 is 0 Å². The summed E-state index contributed by atoms with van der Waals surface area (Å²) >= 11 is 8.62. The number of nitrogens with zero attached hydrogens (tertiary/aromatic N) is 1. The fourth-order valence-corrected chi connectivity index (χ4v) is 1.16. The van der Waals surface area contributed by atoms with Crippen molar-refractivity contribution >= 4 is 39.7 Å². The molecule has 0 saturated carbocycles. The van der Waals surface area contributed by atoms with Gasteiger partial charge in [-0.05, 0) is 22.0 Å². The molecular weight excluding hydrogens is 205 g/mol. The van der Waals surface area contributed by atoms with E-state index in [4.69, 9.17) is 11.6 Å². The highest BCUT2D eigenvalue weighted by atomic mass is 79.9. The third-order valence-electron chi connectivity index (χ3n) is 0.857. The van der Waals surface area contributed by atoms with Crippen LogP contribution in [0.3, 0.4) is 0 Å². The number of amides is 1. The van der Waals surface area contributed by atoms with Gasteiger partial charge in [0.15, 0.2) is 0 Å². The van der Waals surface area contributed by atoms with Gasteiger partial charge in [-0.2, -0.15) is 0 Å². The van der Waals surface area contributed by atoms with E-state index in [1.807, 2.05) is 0 Å². The van der Waals surface area contributed by atoms with Gasteiger partial charge in [-0.15, -0.1) is 11.6 Å². The first-order valence-electron chi connectivity index (χ1n) is 2.29. The normalized spacial score (nSPS) is 26.2. The standard InChI is InChI=1S/C5H3BrClNO/c6-3-1-4(7)5(9)8-2-3/h1-2,4H/t4-/m1/s1. The maximum absolute atomic E-state index is 10.5. The van der Waals surface area contributed by atoms with Crippen LogP contribution >= 0.6 is 27.5 Å². The van der Waals surface area contributed by atoms with E-state index in [0.717, 1.165) is 4.48 Å². The quantitative estimate of drug-likeness (QED) is 0.555. The molecule has 0 radical (unpaired) electrons. The van der Waals surface area contributed by atoms with Gasteiger partial charge in [-0.1, -0.05) is 0 Å². The molecule has 0 spiro atoms. The van der Waals surface area contributed by atoms with Gasteiger partial charge < -0.3 is 0 Å². The molecule has 1 heterocycles. The summed E-state index contributed by atoms with van der Waals surface area (Å²) in [5.74, 6) is -0.306. The molecule has 1 amide bonds. The molecule has 2 nitrogen and oxygen atoms in total. The molecule has 1 aliphatic heterocycles. The van der Waals surface area contributed by atoms with Gasteiger partial charge in [-0.25, -0.2) is 4.99 Å². The summed E-state index contributed by atoms with van der Waals surface area (Å²) in [6.45, 7) is 0. The summed E-state index contributed by atoms with van der Waals surface area (Å²) in [5, 5.41) is -0.593. The number of hydrogen-bond donors (Lipinski definition) is 0. The van der Waals surface area contributed by atoms with Gasteiger partial charge in [0.2, 0.25) is 0 Å². The molecule has 0 N–H and O–H groups in total. The third kappa shape index (κ3) is 1.63. The average Bonchev–Trinajstić information content (AvgIpc) is 1.80. The molecule has 0 aromatic rings. The first-order valence-corrected chi connectivity index (χ1v) is 3.52. The second kappa shape index (κ2) is 2.62. The first-order chi connectivity index (χ1) is 4.20. The molecule has 0 aromatic heterocycles. The van der Waals surface area contributed by atoms with Gasteiger partial charge in [0.1, 0.15) is 5.38 Å². The second-order valence-electron chi connectivity index (χ2n) is 1.55. The van der Waals surface area contributed by atoms with Crippen LogP contribution in [0.15, 0.2) is 15.6 Å². The predicted octanol–water partition coefficient (Wildman–Crippen LogP) is 1.48. The van der Waals surface area contributed by atoms with E-state index in [2.05, 4.69) is 20.9 Å². The summed E-state index contributed by atoms with van der Waals surface area (Å²) in [6.07, 6.45) is 3.03. The highest BCUT2D eigenvalue weighted by Gasteiger charge is 2.14. The van der Waals surface area contributed by atoms with Crippen molar-refractivity contribution in [3.8, 4) is 0 Å². The first kappa shape index (κ1) is 6.96. The number of hydrogen-bond acceptors (Lipinski definition) is 1. The van der Waals surface area contributed by atoms with E-state index in [-0.39, 0.29) is 5.91 Å². The van der Waals surface area contributed by atoms with Crippen LogP contribution in [0, 0.1) is 0 Å². The Morgan fingerprint density at radius 2 is 2.44 bits per heavy atom. The average molecular weight is 208 g/mol. The number of aliphatic imine (C=N–C) groups is 1. The summed E-state index contributed by atoms with van der Waals surface area (Å²) in [5.41, 5.74) is 0. The minimum absolute atomic E-state index is 0.306. The summed E-state index contributed by atoms with van der Waals surface area (Å²) in [6, 6.07) is 0. The lowest BCUT2D eigenvalue weighted by Gasteiger charge is -2.02. The van der Waals surface area contributed by atoms with E-state index in [9.17, 15) is 4.79 Å². The van der Waals surface area contributed by atoms with Crippen molar-refractivity contribution < 1.29 is 4.79 Å². The van der Waals surface area contributed by atoms with Crippen LogP contribution in [0.1, 0.15) is 0 Å². The molecule has 0 fully saturated rings. The Morgan fingerprint density at radius 1 is 1.78 bits per heavy atom. The second-order valence-corrected chi connectivity index (χ2v) is 2.94. The highest BCUT2D eigenvalue weighted by molar-refractivity contribution is 9.12. The van der Waals surface area contributed by atoms with Crippen LogP contribution in [0.5, 0.6) is 0 Å². The number of allylic oxidation sites excluding steroid dienone is 1. The molecule has 4 heteroatoms. The molecule has 1 atom stereocenters. The zero-order chi connectivity index (χ0) is 6.85.